The largest absolute Gasteiger partial charge is 0.513 e. The predicted octanol–water partition coefficient (Wildman–Crippen LogP) is 5.93. The van der Waals surface area contributed by atoms with Gasteiger partial charge in [-0.3, -0.25) is 0 Å². The van der Waals surface area contributed by atoms with Gasteiger partial charge in [0.1, 0.15) is 5.75 Å². The molecule has 3 aromatic carbocycles. The van der Waals surface area contributed by atoms with Gasteiger partial charge in [0.15, 0.2) is 5.75 Å². The molecule has 0 heterocycles. The first-order valence-electron chi connectivity index (χ1n) is 8.82. The van der Waals surface area contributed by atoms with E-state index < -0.39 is 12.1 Å². The fourth-order valence-electron chi connectivity index (χ4n) is 2.65. The summed E-state index contributed by atoms with van der Waals surface area (Å²) in [6.45, 7) is 7.17. The van der Waals surface area contributed by atoms with Crippen molar-refractivity contribution in [2.75, 3.05) is 7.11 Å². The van der Waals surface area contributed by atoms with Gasteiger partial charge in [-0.1, -0.05) is 54.2 Å². The summed E-state index contributed by atoms with van der Waals surface area (Å²) in [5.74, 6) is 0.187. The number of hydrogen-bond acceptors (Lipinski definition) is 6. The van der Waals surface area contributed by atoms with Crippen molar-refractivity contribution < 1.29 is 23.8 Å². The van der Waals surface area contributed by atoms with Gasteiger partial charge in [-0.05, 0) is 38.1 Å². The SMILES string of the molecule is C=C(C)C(=O)Oc1c(Sc2ccccc2)cc(OC(=O)OC)c2cc(C)ccc12. The number of ether oxygens (including phenoxy) is 3. The lowest BCUT2D eigenvalue weighted by atomic mass is 10.1. The Morgan fingerprint density at radius 2 is 1.69 bits per heavy atom. The van der Waals surface area contributed by atoms with E-state index in [2.05, 4.69) is 11.3 Å². The standard InChI is InChI=1S/C23H20O5S/c1-14(2)22(24)28-21-17-11-10-15(3)12-18(17)19(27-23(25)26-4)13-20(21)29-16-8-6-5-7-9-16/h5-13H,1H2,2-4H3. The number of fused-ring (bicyclic) bond motifs is 1. The van der Waals surface area contributed by atoms with E-state index in [0.29, 0.717) is 27.2 Å². The zero-order valence-corrected chi connectivity index (χ0v) is 17.2. The van der Waals surface area contributed by atoms with Crippen LogP contribution in [0.15, 0.2) is 76.5 Å². The Morgan fingerprint density at radius 1 is 0.966 bits per heavy atom. The van der Waals surface area contributed by atoms with E-state index in [1.165, 1.54) is 18.9 Å². The van der Waals surface area contributed by atoms with Gasteiger partial charge in [-0.2, -0.15) is 0 Å². The molecule has 6 heteroatoms. The molecule has 0 aromatic heterocycles. The molecule has 0 saturated heterocycles. The van der Waals surface area contributed by atoms with Gasteiger partial charge in [-0.15, -0.1) is 0 Å². The van der Waals surface area contributed by atoms with Crippen LogP contribution < -0.4 is 9.47 Å². The Balaban J connectivity index is 2.23. The Labute approximate surface area is 173 Å². The summed E-state index contributed by atoms with van der Waals surface area (Å²) in [6, 6.07) is 16.9. The van der Waals surface area contributed by atoms with Crippen molar-refractivity contribution in [1.82, 2.24) is 0 Å². The minimum absolute atomic E-state index is 0.288. The smallest absolute Gasteiger partial charge is 0.437 e. The van der Waals surface area contributed by atoms with Gasteiger partial charge < -0.3 is 14.2 Å². The highest BCUT2D eigenvalue weighted by molar-refractivity contribution is 7.99. The van der Waals surface area contributed by atoms with Crippen LogP contribution in [0.4, 0.5) is 4.79 Å². The third-order valence-electron chi connectivity index (χ3n) is 4.05. The van der Waals surface area contributed by atoms with Crippen molar-refractivity contribution in [3.8, 4) is 11.5 Å². The number of carbonyl (C=O) groups is 2. The van der Waals surface area contributed by atoms with Crippen LogP contribution >= 0.6 is 11.8 Å². The third-order valence-corrected chi connectivity index (χ3v) is 5.08. The van der Waals surface area contributed by atoms with Crippen molar-refractivity contribution in [3.63, 3.8) is 0 Å². The van der Waals surface area contributed by atoms with Crippen LogP contribution in [0.25, 0.3) is 10.8 Å². The molecule has 0 fully saturated rings. The van der Waals surface area contributed by atoms with E-state index in [9.17, 15) is 9.59 Å². The van der Waals surface area contributed by atoms with Crippen LogP contribution in [0.3, 0.4) is 0 Å². The first kappa shape index (κ1) is 20.5. The number of rotatable bonds is 5. The normalized spacial score (nSPS) is 10.4. The number of esters is 1. The lowest BCUT2D eigenvalue weighted by Gasteiger charge is -2.16. The molecule has 0 N–H and O–H groups in total. The van der Waals surface area contributed by atoms with Gasteiger partial charge in [0.05, 0.1) is 12.0 Å². The maximum atomic E-state index is 12.3. The van der Waals surface area contributed by atoms with Crippen molar-refractivity contribution in [1.29, 1.82) is 0 Å². The quantitative estimate of drug-likeness (QED) is 0.226. The van der Waals surface area contributed by atoms with Crippen LogP contribution in [-0.4, -0.2) is 19.2 Å². The molecular formula is C23H20O5S. The average molecular weight is 408 g/mol. The van der Waals surface area contributed by atoms with Crippen LogP contribution in [0.1, 0.15) is 12.5 Å². The topological polar surface area (TPSA) is 61.8 Å². The zero-order valence-electron chi connectivity index (χ0n) is 16.4. The lowest BCUT2D eigenvalue weighted by molar-refractivity contribution is -0.130. The monoisotopic (exact) mass is 408 g/mol. The van der Waals surface area contributed by atoms with Crippen molar-refractivity contribution in [2.45, 2.75) is 23.6 Å². The number of benzene rings is 3. The summed E-state index contributed by atoms with van der Waals surface area (Å²) in [5, 5.41) is 1.28. The van der Waals surface area contributed by atoms with Gasteiger partial charge in [0.25, 0.3) is 0 Å². The fraction of sp³-hybridized carbons (Fsp3) is 0.130. The van der Waals surface area contributed by atoms with Crippen LogP contribution in [0.2, 0.25) is 0 Å². The molecule has 0 spiro atoms. The number of hydrogen-bond donors (Lipinski definition) is 0. The summed E-state index contributed by atoms with van der Waals surface area (Å²) >= 11 is 1.40. The number of carbonyl (C=O) groups excluding carboxylic acids is 2. The van der Waals surface area contributed by atoms with Crippen LogP contribution in [-0.2, 0) is 9.53 Å². The summed E-state index contributed by atoms with van der Waals surface area (Å²) in [4.78, 5) is 25.6. The highest BCUT2D eigenvalue weighted by atomic mass is 32.2. The highest BCUT2D eigenvalue weighted by Crippen LogP contribution is 2.44. The summed E-state index contributed by atoms with van der Waals surface area (Å²) in [6.07, 6.45) is -0.824. The Hall–Kier alpha value is -3.25. The van der Waals surface area contributed by atoms with E-state index in [-0.39, 0.29) is 5.57 Å². The van der Waals surface area contributed by atoms with E-state index >= 15 is 0 Å². The molecule has 29 heavy (non-hydrogen) atoms. The summed E-state index contributed by atoms with van der Waals surface area (Å²) in [7, 11) is 1.25. The molecular weight excluding hydrogens is 388 g/mol. The van der Waals surface area contributed by atoms with Crippen molar-refractivity contribution in [2.24, 2.45) is 0 Å². The molecule has 0 aliphatic rings. The second-order valence-corrected chi connectivity index (χ2v) is 7.51. The molecule has 0 amide bonds. The molecule has 148 valence electrons. The summed E-state index contributed by atoms with van der Waals surface area (Å²) < 4.78 is 15.7. The Kier molecular flexibility index (Phi) is 6.24. The maximum absolute atomic E-state index is 12.3. The molecule has 5 nitrogen and oxygen atoms in total. The van der Waals surface area contributed by atoms with Gasteiger partial charge in [-0.25, -0.2) is 9.59 Å². The molecule has 3 aromatic rings. The first-order valence-corrected chi connectivity index (χ1v) is 9.64. The van der Waals surface area contributed by atoms with E-state index in [1.54, 1.807) is 13.0 Å². The second-order valence-electron chi connectivity index (χ2n) is 6.39. The molecule has 0 atom stereocenters. The van der Waals surface area contributed by atoms with Crippen LogP contribution in [0.5, 0.6) is 11.5 Å². The molecule has 0 aliphatic heterocycles. The van der Waals surface area contributed by atoms with E-state index in [1.807, 2.05) is 55.5 Å². The Morgan fingerprint density at radius 3 is 2.34 bits per heavy atom. The predicted molar refractivity (Wildman–Crippen MR) is 113 cm³/mol. The second kappa shape index (κ2) is 8.84. The van der Waals surface area contributed by atoms with Gasteiger partial charge in [0.2, 0.25) is 0 Å². The molecule has 0 unspecified atom stereocenters. The molecule has 0 radical (unpaired) electrons. The third kappa shape index (κ3) is 4.78. The fourth-order valence-corrected chi connectivity index (χ4v) is 3.60. The van der Waals surface area contributed by atoms with E-state index in [4.69, 9.17) is 9.47 Å². The highest BCUT2D eigenvalue weighted by Gasteiger charge is 2.20. The van der Waals surface area contributed by atoms with Gasteiger partial charge >= 0.3 is 12.1 Å². The first-order chi connectivity index (χ1) is 13.9. The average Bonchev–Trinajstić information content (AvgIpc) is 2.71. The van der Waals surface area contributed by atoms with E-state index in [0.717, 1.165) is 10.5 Å². The molecule has 0 aliphatic carbocycles. The molecule has 3 rings (SSSR count). The number of methoxy groups -OCH3 is 1. The van der Waals surface area contributed by atoms with Crippen molar-refractivity contribution >= 4 is 34.7 Å². The maximum Gasteiger partial charge on any atom is 0.513 e. The lowest BCUT2D eigenvalue weighted by Crippen LogP contribution is -2.11. The van der Waals surface area contributed by atoms with Crippen molar-refractivity contribution in [3.05, 3.63) is 72.3 Å². The molecule has 0 saturated carbocycles. The summed E-state index contributed by atoms with van der Waals surface area (Å²) in [5.41, 5.74) is 1.25. The minimum Gasteiger partial charge on any atom is -0.437 e. The Bertz CT molecular complexity index is 1090. The minimum atomic E-state index is -0.824. The zero-order chi connectivity index (χ0) is 21.0. The molecule has 0 bridgehead atoms. The van der Waals surface area contributed by atoms with Gasteiger partial charge in [0, 0.05) is 21.2 Å². The number of aryl methyl sites for hydroxylation is 1. The van der Waals surface area contributed by atoms with Crippen LogP contribution in [0, 0.1) is 6.92 Å².